The maximum Gasteiger partial charge on any atom is 0.0797 e. The molecule has 90 valence electrons. The first-order valence-electron chi connectivity index (χ1n) is 5.73. The maximum absolute atomic E-state index is 6.24. The van der Waals surface area contributed by atoms with Crippen LogP contribution in [0.4, 0.5) is 0 Å². The second kappa shape index (κ2) is 4.48. The van der Waals surface area contributed by atoms with Gasteiger partial charge in [-0.3, -0.25) is 0 Å². The van der Waals surface area contributed by atoms with Gasteiger partial charge in [0.15, 0.2) is 0 Å². The van der Waals surface area contributed by atoms with Crippen LogP contribution in [0.2, 0.25) is 10.0 Å². The minimum absolute atomic E-state index is 0.169. The molecule has 1 fully saturated rings. The van der Waals surface area contributed by atoms with Crippen molar-refractivity contribution in [1.29, 1.82) is 0 Å². The second-order valence-corrected chi connectivity index (χ2v) is 5.28. The van der Waals surface area contributed by atoms with E-state index in [1.165, 1.54) is 5.71 Å². The summed E-state index contributed by atoms with van der Waals surface area (Å²) in [6, 6.07) is 5.81. The van der Waals surface area contributed by atoms with Crippen LogP contribution in [0.25, 0.3) is 0 Å². The van der Waals surface area contributed by atoms with E-state index in [-0.39, 0.29) is 6.04 Å². The fraction of sp³-hybridized carbons (Fsp3) is 0.417. The van der Waals surface area contributed by atoms with Gasteiger partial charge in [-0.25, -0.2) is 0 Å². The number of fused-ring (bicyclic) bond motifs is 1. The molecule has 2 N–H and O–H groups in total. The molecule has 2 aliphatic heterocycles. The number of rotatable bonds is 1. The summed E-state index contributed by atoms with van der Waals surface area (Å²) in [5.41, 5.74) is 5.52. The van der Waals surface area contributed by atoms with E-state index in [2.05, 4.69) is 15.8 Å². The van der Waals surface area contributed by atoms with Gasteiger partial charge in [-0.15, -0.1) is 0 Å². The zero-order chi connectivity index (χ0) is 11.8. The molecule has 0 aromatic heterocycles. The van der Waals surface area contributed by atoms with Gasteiger partial charge in [-0.05, 0) is 17.7 Å². The molecular formula is C12H13Cl2N3. The lowest BCUT2D eigenvalue weighted by Crippen LogP contribution is -2.38. The third-order valence-electron chi connectivity index (χ3n) is 3.40. The van der Waals surface area contributed by atoms with E-state index in [0.717, 1.165) is 25.1 Å². The quantitative estimate of drug-likeness (QED) is 0.823. The number of piperidine rings is 1. The number of halogens is 2. The molecule has 1 aromatic rings. The summed E-state index contributed by atoms with van der Waals surface area (Å²) in [5.74, 6) is 0.405. The Balaban J connectivity index is 1.90. The number of benzene rings is 1. The van der Waals surface area contributed by atoms with E-state index in [0.29, 0.717) is 16.0 Å². The standard InChI is InChI=1S/C12H13Cl2N3/c13-7-1-2-8(10(14)5-7)12-9-6-15-4-3-11(9)16-17-12/h1-2,5,9,12,15,17H,3-4,6H2. The molecule has 2 unspecified atom stereocenters. The Morgan fingerprint density at radius 1 is 1.29 bits per heavy atom. The van der Waals surface area contributed by atoms with Crippen LogP contribution in [0.5, 0.6) is 0 Å². The normalized spacial score (nSPS) is 27.3. The molecular weight excluding hydrogens is 257 g/mol. The van der Waals surface area contributed by atoms with E-state index in [9.17, 15) is 0 Å². The lowest BCUT2D eigenvalue weighted by molar-refractivity contribution is 0.451. The molecule has 0 aliphatic carbocycles. The SMILES string of the molecule is Clc1ccc(C2NN=C3CCNCC32)c(Cl)c1. The maximum atomic E-state index is 6.24. The predicted molar refractivity (Wildman–Crippen MR) is 70.8 cm³/mol. The summed E-state index contributed by atoms with van der Waals surface area (Å²) < 4.78 is 0. The first kappa shape index (κ1) is 11.3. The molecule has 2 heterocycles. The van der Waals surface area contributed by atoms with Gasteiger partial charge in [0.1, 0.15) is 0 Å². The predicted octanol–water partition coefficient (Wildman–Crippen LogP) is 2.60. The van der Waals surface area contributed by atoms with Crippen LogP contribution in [-0.2, 0) is 0 Å². The Morgan fingerprint density at radius 3 is 3.00 bits per heavy atom. The molecule has 0 bridgehead atoms. The Morgan fingerprint density at radius 2 is 2.18 bits per heavy atom. The molecule has 0 saturated carbocycles. The van der Waals surface area contributed by atoms with Gasteiger partial charge < -0.3 is 10.7 Å². The number of hydrazone groups is 1. The van der Waals surface area contributed by atoms with Crippen molar-refractivity contribution in [2.45, 2.75) is 12.5 Å². The molecule has 0 radical (unpaired) electrons. The van der Waals surface area contributed by atoms with Crippen LogP contribution in [0.3, 0.4) is 0 Å². The molecule has 1 saturated heterocycles. The largest absolute Gasteiger partial charge is 0.316 e. The van der Waals surface area contributed by atoms with Crippen molar-refractivity contribution < 1.29 is 0 Å². The van der Waals surface area contributed by atoms with Gasteiger partial charge in [0.25, 0.3) is 0 Å². The molecule has 3 nitrogen and oxygen atoms in total. The Labute approximate surface area is 110 Å². The highest BCUT2D eigenvalue weighted by Crippen LogP contribution is 2.35. The van der Waals surface area contributed by atoms with Crippen LogP contribution in [0.1, 0.15) is 18.0 Å². The summed E-state index contributed by atoms with van der Waals surface area (Å²) >= 11 is 12.2. The van der Waals surface area contributed by atoms with E-state index >= 15 is 0 Å². The highest BCUT2D eigenvalue weighted by atomic mass is 35.5. The summed E-state index contributed by atoms with van der Waals surface area (Å²) in [6.07, 6.45) is 1.01. The van der Waals surface area contributed by atoms with E-state index < -0.39 is 0 Å². The lowest BCUT2D eigenvalue weighted by atomic mass is 9.87. The van der Waals surface area contributed by atoms with Gasteiger partial charge >= 0.3 is 0 Å². The molecule has 2 atom stereocenters. The fourth-order valence-electron chi connectivity index (χ4n) is 2.51. The van der Waals surface area contributed by atoms with Crippen molar-refractivity contribution in [2.75, 3.05) is 13.1 Å². The number of hydrogen-bond acceptors (Lipinski definition) is 3. The Kier molecular flexibility index (Phi) is 2.99. The molecule has 1 aromatic carbocycles. The first-order valence-corrected chi connectivity index (χ1v) is 6.49. The third-order valence-corrected chi connectivity index (χ3v) is 3.96. The van der Waals surface area contributed by atoms with Crippen LogP contribution in [-0.4, -0.2) is 18.8 Å². The van der Waals surface area contributed by atoms with Crippen molar-refractivity contribution in [1.82, 2.24) is 10.7 Å². The van der Waals surface area contributed by atoms with Gasteiger partial charge in [-0.1, -0.05) is 29.3 Å². The monoisotopic (exact) mass is 269 g/mol. The van der Waals surface area contributed by atoms with Crippen molar-refractivity contribution in [3.63, 3.8) is 0 Å². The van der Waals surface area contributed by atoms with Gasteiger partial charge in [0.05, 0.1) is 6.04 Å². The highest BCUT2D eigenvalue weighted by molar-refractivity contribution is 6.35. The molecule has 17 heavy (non-hydrogen) atoms. The zero-order valence-corrected chi connectivity index (χ0v) is 10.7. The lowest BCUT2D eigenvalue weighted by Gasteiger charge is -2.25. The van der Waals surface area contributed by atoms with E-state index in [1.807, 2.05) is 12.1 Å². The summed E-state index contributed by atoms with van der Waals surface area (Å²) in [6.45, 7) is 1.97. The Hall–Kier alpha value is -0.770. The topological polar surface area (TPSA) is 36.4 Å². The molecule has 0 spiro atoms. The summed E-state index contributed by atoms with van der Waals surface area (Å²) in [4.78, 5) is 0. The minimum atomic E-state index is 0.169. The number of nitrogens with zero attached hydrogens (tertiary/aromatic N) is 1. The summed E-state index contributed by atoms with van der Waals surface area (Å²) in [5, 5.41) is 9.18. The highest BCUT2D eigenvalue weighted by Gasteiger charge is 2.35. The molecule has 3 rings (SSSR count). The number of nitrogens with one attached hydrogen (secondary N) is 2. The third kappa shape index (κ3) is 2.03. The summed E-state index contributed by atoms with van der Waals surface area (Å²) in [7, 11) is 0. The van der Waals surface area contributed by atoms with Crippen LogP contribution < -0.4 is 10.7 Å². The van der Waals surface area contributed by atoms with Gasteiger partial charge in [0.2, 0.25) is 0 Å². The molecule has 2 aliphatic rings. The van der Waals surface area contributed by atoms with Crippen LogP contribution >= 0.6 is 23.2 Å². The van der Waals surface area contributed by atoms with Crippen molar-refractivity contribution in [3.05, 3.63) is 33.8 Å². The van der Waals surface area contributed by atoms with E-state index in [4.69, 9.17) is 23.2 Å². The first-order chi connectivity index (χ1) is 8.25. The molecule has 0 amide bonds. The minimum Gasteiger partial charge on any atom is -0.316 e. The average molecular weight is 270 g/mol. The zero-order valence-electron chi connectivity index (χ0n) is 9.21. The van der Waals surface area contributed by atoms with Crippen molar-refractivity contribution >= 4 is 28.9 Å². The van der Waals surface area contributed by atoms with Crippen molar-refractivity contribution in [2.24, 2.45) is 11.0 Å². The smallest absolute Gasteiger partial charge is 0.0797 e. The average Bonchev–Trinajstić information content (AvgIpc) is 2.73. The van der Waals surface area contributed by atoms with Gasteiger partial charge in [0, 0.05) is 41.2 Å². The van der Waals surface area contributed by atoms with Gasteiger partial charge in [-0.2, -0.15) is 5.10 Å². The van der Waals surface area contributed by atoms with E-state index in [1.54, 1.807) is 6.07 Å². The number of hydrogen-bond donors (Lipinski definition) is 2. The molecule has 5 heteroatoms. The fourth-order valence-corrected chi connectivity index (χ4v) is 3.03. The van der Waals surface area contributed by atoms with Crippen LogP contribution in [0.15, 0.2) is 23.3 Å². The Bertz CT molecular complexity index is 473. The second-order valence-electron chi connectivity index (χ2n) is 4.44. The van der Waals surface area contributed by atoms with Crippen molar-refractivity contribution in [3.8, 4) is 0 Å². The van der Waals surface area contributed by atoms with Crippen LogP contribution in [0, 0.1) is 5.92 Å².